The highest BCUT2D eigenvalue weighted by Gasteiger charge is 2.21. The summed E-state index contributed by atoms with van der Waals surface area (Å²) in [5.41, 5.74) is 6.81. The summed E-state index contributed by atoms with van der Waals surface area (Å²) < 4.78 is 0. The van der Waals surface area contributed by atoms with Gasteiger partial charge in [0.1, 0.15) is 0 Å². The first kappa shape index (κ1) is 33.1. The Hall–Kier alpha value is -7.94. The second-order valence-electron chi connectivity index (χ2n) is 16.1. The predicted octanol–water partition coefficient (Wildman–Crippen LogP) is 16.7. The van der Waals surface area contributed by atoms with Gasteiger partial charge in [-0.05, 0) is 148 Å². The van der Waals surface area contributed by atoms with Crippen molar-refractivity contribution in [2.75, 3.05) is 9.80 Å². The molecule has 13 aromatic carbocycles. The number of anilines is 6. The maximum atomic E-state index is 2.44. The topological polar surface area (TPSA) is 6.48 Å². The molecule has 0 aromatic heterocycles. The Balaban J connectivity index is 1.02. The normalized spacial score (nSPS) is 12.0. The van der Waals surface area contributed by atoms with E-state index in [9.17, 15) is 0 Å². The van der Waals surface area contributed by atoms with Crippen molar-refractivity contribution < 1.29 is 0 Å². The molecule has 0 amide bonds. The maximum absolute atomic E-state index is 2.44. The zero-order chi connectivity index (χ0) is 39.3. The molecule has 0 radical (unpaired) electrons. The highest BCUT2D eigenvalue weighted by Crippen LogP contribution is 2.47. The third-order valence-corrected chi connectivity index (χ3v) is 12.8. The van der Waals surface area contributed by atoms with Crippen LogP contribution >= 0.6 is 0 Å². The lowest BCUT2D eigenvalue weighted by molar-refractivity contribution is 1.30. The molecule has 2 nitrogen and oxygen atoms in total. The Bertz CT molecular complexity index is 3400. The van der Waals surface area contributed by atoms with E-state index in [2.05, 4.69) is 228 Å². The number of rotatable bonds is 6. The molecule has 2 heteroatoms. The van der Waals surface area contributed by atoms with Gasteiger partial charge in [0.05, 0.1) is 11.4 Å². The number of hydrogen-bond acceptors (Lipinski definition) is 2. The Morgan fingerprint density at radius 3 is 0.867 bits per heavy atom. The molecule has 0 spiro atoms. The largest absolute Gasteiger partial charge is 0.310 e. The van der Waals surface area contributed by atoms with Crippen LogP contribution in [-0.4, -0.2) is 0 Å². The van der Waals surface area contributed by atoms with Gasteiger partial charge < -0.3 is 9.80 Å². The molecular formula is C58H36N2. The van der Waals surface area contributed by atoms with E-state index in [1.54, 1.807) is 0 Å². The second-order valence-corrected chi connectivity index (χ2v) is 16.1. The van der Waals surface area contributed by atoms with E-state index in [1.807, 2.05) is 0 Å². The van der Waals surface area contributed by atoms with Crippen LogP contribution in [0.1, 0.15) is 0 Å². The molecule has 0 saturated carbocycles. The van der Waals surface area contributed by atoms with Gasteiger partial charge in [0.2, 0.25) is 0 Å². The molecule has 0 fully saturated rings. The molecule has 0 heterocycles. The lowest BCUT2D eigenvalue weighted by Gasteiger charge is -2.29. The van der Waals surface area contributed by atoms with Crippen molar-refractivity contribution >= 4 is 120 Å². The van der Waals surface area contributed by atoms with E-state index >= 15 is 0 Å². The summed E-state index contributed by atoms with van der Waals surface area (Å²) >= 11 is 0. The van der Waals surface area contributed by atoms with Gasteiger partial charge in [-0.2, -0.15) is 0 Å². The van der Waals surface area contributed by atoms with Crippen LogP contribution in [0.15, 0.2) is 218 Å². The van der Waals surface area contributed by atoms with Gasteiger partial charge in [-0.25, -0.2) is 0 Å². The maximum Gasteiger partial charge on any atom is 0.0540 e. The molecule has 0 aliphatic heterocycles. The molecule has 278 valence electrons. The quantitative estimate of drug-likeness (QED) is 0.123. The summed E-state index contributed by atoms with van der Waals surface area (Å²) in [5, 5.41) is 20.2. The molecule has 13 aromatic rings. The van der Waals surface area contributed by atoms with Crippen molar-refractivity contribution in [2.24, 2.45) is 0 Å². The zero-order valence-corrected chi connectivity index (χ0v) is 32.7. The standard InChI is InChI=1S/C58H36N2/c1-3-17-47(18-4-1)59(49-31-43-27-23-37-11-7-12-38-24-28-44(32-49)57(43)55(37)38)53-21-9-15-41-36-52-42(35-51(41)53)16-10-22-54(52)60(48-19-5-2-6-20-48)50-33-45-29-25-39-13-8-14-40-26-30-46(34-50)58(45)56(39)40/h1-36H. The fraction of sp³-hybridized carbons (Fsp3) is 0. The number of para-hydroxylation sites is 2. The van der Waals surface area contributed by atoms with E-state index in [4.69, 9.17) is 0 Å². The molecule has 0 N–H and O–H groups in total. The van der Waals surface area contributed by atoms with Crippen LogP contribution < -0.4 is 9.80 Å². The molecule has 0 aliphatic carbocycles. The van der Waals surface area contributed by atoms with Gasteiger partial charge in [0.25, 0.3) is 0 Å². The first-order chi connectivity index (χ1) is 29.7. The van der Waals surface area contributed by atoms with Crippen LogP contribution in [0.2, 0.25) is 0 Å². The average molecular weight is 761 g/mol. The summed E-state index contributed by atoms with van der Waals surface area (Å²) in [4.78, 5) is 4.87. The van der Waals surface area contributed by atoms with Crippen LogP contribution in [0.4, 0.5) is 34.1 Å². The molecule has 60 heavy (non-hydrogen) atoms. The fourth-order valence-corrected chi connectivity index (χ4v) is 10.1. The average Bonchev–Trinajstić information content (AvgIpc) is 3.30. The Morgan fingerprint density at radius 1 is 0.200 bits per heavy atom. The zero-order valence-electron chi connectivity index (χ0n) is 32.7. The molecule has 0 unspecified atom stereocenters. The Labute approximate surface area is 347 Å². The van der Waals surface area contributed by atoms with Gasteiger partial charge in [-0.3, -0.25) is 0 Å². The van der Waals surface area contributed by atoms with E-state index in [-0.39, 0.29) is 0 Å². The minimum Gasteiger partial charge on any atom is -0.310 e. The lowest BCUT2D eigenvalue weighted by atomic mass is 9.93. The predicted molar refractivity (Wildman–Crippen MR) is 258 cm³/mol. The summed E-state index contributed by atoms with van der Waals surface area (Å²) in [5.74, 6) is 0. The first-order valence-electron chi connectivity index (χ1n) is 20.7. The minimum atomic E-state index is 1.12. The number of hydrogen-bond donors (Lipinski definition) is 0. The van der Waals surface area contributed by atoms with E-state index < -0.39 is 0 Å². The fourth-order valence-electron chi connectivity index (χ4n) is 10.1. The van der Waals surface area contributed by atoms with Crippen molar-refractivity contribution in [1.82, 2.24) is 0 Å². The molecule has 0 bridgehead atoms. The van der Waals surface area contributed by atoms with E-state index in [1.165, 1.54) is 86.2 Å². The highest BCUT2D eigenvalue weighted by atomic mass is 15.1. The van der Waals surface area contributed by atoms with Crippen LogP contribution in [0.5, 0.6) is 0 Å². The number of fused-ring (bicyclic) bond motifs is 2. The van der Waals surface area contributed by atoms with Gasteiger partial charge >= 0.3 is 0 Å². The van der Waals surface area contributed by atoms with Crippen molar-refractivity contribution in [3.05, 3.63) is 218 Å². The Morgan fingerprint density at radius 2 is 0.500 bits per heavy atom. The van der Waals surface area contributed by atoms with Gasteiger partial charge in [-0.1, -0.05) is 146 Å². The van der Waals surface area contributed by atoms with Crippen molar-refractivity contribution in [3.8, 4) is 0 Å². The minimum absolute atomic E-state index is 1.12. The van der Waals surface area contributed by atoms with Crippen LogP contribution in [-0.2, 0) is 0 Å². The van der Waals surface area contributed by atoms with Crippen molar-refractivity contribution in [2.45, 2.75) is 0 Å². The van der Waals surface area contributed by atoms with E-state index in [0.717, 1.165) is 34.1 Å². The van der Waals surface area contributed by atoms with Crippen LogP contribution in [0.3, 0.4) is 0 Å². The van der Waals surface area contributed by atoms with E-state index in [0.29, 0.717) is 0 Å². The summed E-state index contributed by atoms with van der Waals surface area (Å²) in [7, 11) is 0. The van der Waals surface area contributed by atoms with Crippen molar-refractivity contribution in [1.29, 1.82) is 0 Å². The van der Waals surface area contributed by atoms with Crippen LogP contribution in [0, 0.1) is 0 Å². The molecule has 0 aliphatic rings. The Kier molecular flexibility index (Phi) is 7.05. The highest BCUT2D eigenvalue weighted by molar-refractivity contribution is 6.25. The second kappa shape index (κ2) is 12.8. The van der Waals surface area contributed by atoms with Crippen molar-refractivity contribution in [3.63, 3.8) is 0 Å². The summed E-state index contributed by atoms with van der Waals surface area (Å²) in [6.45, 7) is 0. The van der Waals surface area contributed by atoms with Crippen LogP contribution in [0.25, 0.3) is 86.2 Å². The molecular weight excluding hydrogens is 725 g/mol. The number of nitrogens with zero attached hydrogens (tertiary/aromatic N) is 2. The SMILES string of the molecule is c1ccc(N(c2cc3ccc4cccc5ccc(c2)c3c45)c2cccc3cc4c(N(c5ccccc5)c5cc6ccc7cccc8ccc(c5)c6c78)cccc4cc23)cc1. The molecule has 0 saturated heterocycles. The number of benzene rings is 13. The smallest absolute Gasteiger partial charge is 0.0540 e. The lowest BCUT2D eigenvalue weighted by Crippen LogP contribution is -2.11. The summed E-state index contributed by atoms with van der Waals surface area (Å²) in [6, 6.07) is 80.8. The summed E-state index contributed by atoms with van der Waals surface area (Å²) in [6.07, 6.45) is 0. The molecule has 13 rings (SSSR count). The molecule has 0 atom stereocenters. The van der Waals surface area contributed by atoms with Gasteiger partial charge in [0.15, 0.2) is 0 Å². The third kappa shape index (κ3) is 4.95. The van der Waals surface area contributed by atoms with Gasteiger partial charge in [-0.15, -0.1) is 0 Å². The first-order valence-corrected chi connectivity index (χ1v) is 20.7. The van der Waals surface area contributed by atoms with Gasteiger partial charge in [0, 0.05) is 33.5 Å². The monoisotopic (exact) mass is 760 g/mol. The third-order valence-electron chi connectivity index (χ3n) is 12.8.